The van der Waals surface area contributed by atoms with Crippen LogP contribution in [0.3, 0.4) is 0 Å². The van der Waals surface area contributed by atoms with E-state index in [2.05, 4.69) is 13.0 Å². The van der Waals surface area contributed by atoms with Gasteiger partial charge in [0.15, 0.2) is 11.6 Å². The van der Waals surface area contributed by atoms with E-state index < -0.39 is 5.92 Å². The molecular formula is C24H22O3. The van der Waals surface area contributed by atoms with Crippen LogP contribution in [0.15, 0.2) is 52.9 Å². The molecule has 0 aliphatic heterocycles. The van der Waals surface area contributed by atoms with Crippen LogP contribution in [0.4, 0.5) is 0 Å². The maximum absolute atomic E-state index is 13.0. The maximum Gasteiger partial charge on any atom is 0.150 e. The molecule has 2 fully saturated rings. The number of aryl methyl sites for hydroxylation is 1. The molecule has 136 valence electrons. The van der Waals surface area contributed by atoms with Crippen LogP contribution in [-0.2, 0) is 16.0 Å². The predicted octanol–water partition coefficient (Wildman–Crippen LogP) is 5.31. The third-order valence-electron chi connectivity index (χ3n) is 6.35. The largest absolute Gasteiger partial charge is 0.456 e. The van der Waals surface area contributed by atoms with Crippen molar-refractivity contribution in [1.82, 2.24) is 0 Å². The van der Waals surface area contributed by atoms with Crippen molar-refractivity contribution in [2.24, 2.45) is 11.8 Å². The van der Waals surface area contributed by atoms with Gasteiger partial charge < -0.3 is 4.42 Å². The van der Waals surface area contributed by atoms with E-state index in [-0.39, 0.29) is 23.4 Å². The Kier molecular flexibility index (Phi) is 3.78. The second kappa shape index (κ2) is 6.19. The van der Waals surface area contributed by atoms with Crippen LogP contribution in [0.2, 0.25) is 0 Å². The number of carbonyl (C=O) groups excluding carboxylic acids is 2. The quantitative estimate of drug-likeness (QED) is 0.596. The minimum atomic E-state index is -0.587. The summed E-state index contributed by atoms with van der Waals surface area (Å²) in [5.41, 5.74) is 3.75. The Bertz CT molecular complexity index is 1000. The van der Waals surface area contributed by atoms with Crippen molar-refractivity contribution < 1.29 is 14.0 Å². The minimum absolute atomic E-state index is 0.0669. The molecule has 2 bridgehead atoms. The van der Waals surface area contributed by atoms with Crippen LogP contribution in [0.5, 0.6) is 0 Å². The molecule has 3 nitrogen and oxygen atoms in total. The number of fused-ring (bicyclic) bond motifs is 3. The van der Waals surface area contributed by atoms with Crippen molar-refractivity contribution in [2.45, 2.75) is 38.5 Å². The third kappa shape index (κ3) is 2.56. The predicted molar refractivity (Wildman–Crippen MR) is 105 cm³/mol. The highest BCUT2D eigenvalue weighted by Crippen LogP contribution is 2.45. The standard InChI is InChI=1S/C24H22O3/c1-2-14-7-8-16(21-13-15-5-3-4-6-20(15)27-21)12-19(14)22-23(25)17-9-10-18(11-17)24(22)26/h3-8,12-13,17-18,22H,2,9-11H2,1H3/t17-,18+,22?. The molecule has 0 saturated heterocycles. The molecule has 2 aliphatic rings. The Hall–Kier alpha value is -2.68. The topological polar surface area (TPSA) is 47.3 Å². The Morgan fingerprint density at radius 2 is 1.70 bits per heavy atom. The van der Waals surface area contributed by atoms with Crippen molar-refractivity contribution in [2.75, 3.05) is 0 Å². The monoisotopic (exact) mass is 358 g/mol. The van der Waals surface area contributed by atoms with Crippen molar-refractivity contribution in [1.29, 1.82) is 0 Å². The zero-order valence-corrected chi connectivity index (χ0v) is 15.4. The zero-order valence-electron chi connectivity index (χ0n) is 15.4. The fourth-order valence-electron chi connectivity index (χ4n) is 4.88. The van der Waals surface area contributed by atoms with E-state index in [4.69, 9.17) is 4.42 Å². The van der Waals surface area contributed by atoms with E-state index in [0.717, 1.165) is 59.1 Å². The Morgan fingerprint density at radius 1 is 0.963 bits per heavy atom. The molecule has 0 amide bonds. The fraction of sp³-hybridized carbons (Fsp3) is 0.333. The summed E-state index contributed by atoms with van der Waals surface area (Å²) in [6.45, 7) is 2.08. The zero-order chi connectivity index (χ0) is 18.5. The van der Waals surface area contributed by atoms with Gasteiger partial charge in [-0.15, -0.1) is 0 Å². The molecule has 2 saturated carbocycles. The molecular weight excluding hydrogens is 336 g/mol. The van der Waals surface area contributed by atoms with Crippen LogP contribution in [0.1, 0.15) is 43.2 Å². The molecule has 27 heavy (non-hydrogen) atoms. The Morgan fingerprint density at radius 3 is 2.41 bits per heavy atom. The first-order valence-electron chi connectivity index (χ1n) is 9.85. The first-order valence-corrected chi connectivity index (χ1v) is 9.85. The highest BCUT2D eigenvalue weighted by molar-refractivity contribution is 6.12. The average molecular weight is 358 g/mol. The highest BCUT2D eigenvalue weighted by atomic mass is 16.3. The van der Waals surface area contributed by atoms with Crippen molar-refractivity contribution in [3.8, 4) is 11.3 Å². The summed E-state index contributed by atoms with van der Waals surface area (Å²) in [4.78, 5) is 26.0. The number of hydrogen-bond acceptors (Lipinski definition) is 3. The molecule has 3 aromatic rings. The smallest absolute Gasteiger partial charge is 0.150 e. The number of ketones is 2. The lowest BCUT2D eigenvalue weighted by Gasteiger charge is -2.27. The summed E-state index contributed by atoms with van der Waals surface area (Å²) >= 11 is 0. The number of Topliss-reactive ketones (excluding diaryl/α,β-unsaturated/α-hetero) is 2. The molecule has 3 heteroatoms. The van der Waals surface area contributed by atoms with Gasteiger partial charge >= 0.3 is 0 Å². The molecule has 2 aliphatic carbocycles. The van der Waals surface area contributed by atoms with E-state index in [0.29, 0.717) is 0 Å². The molecule has 3 atom stereocenters. The lowest BCUT2D eigenvalue weighted by atomic mass is 9.73. The van der Waals surface area contributed by atoms with E-state index in [1.165, 1.54) is 0 Å². The van der Waals surface area contributed by atoms with E-state index in [1.54, 1.807) is 0 Å². The van der Waals surface area contributed by atoms with Gasteiger partial charge in [-0.1, -0.05) is 37.3 Å². The summed E-state index contributed by atoms with van der Waals surface area (Å²) in [5.74, 6) is 0.583. The van der Waals surface area contributed by atoms with Gasteiger partial charge in [0.05, 0.1) is 0 Å². The fourth-order valence-corrected chi connectivity index (χ4v) is 4.88. The second-order valence-electron chi connectivity index (χ2n) is 7.86. The molecule has 1 aromatic heterocycles. The number of furan rings is 1. The van der Waals surface area contributed by atoms with Gasteiger partial charge in [0.2, 0.25) is 0 Å². The molecule has 1 unspecified atom stereocenters. The van der Waals surface area contributed by atoms with Gasteiger partial charge in [0.1, 0.15) is 17.3 Å². The first kappa shape index (κ1) is 16.5. The van der Waals surface area contributed by atoms with Gasteiger partial charge in [-0.2, -0.15) is 0 Å². The van der Waals surface area contributed by atoms with Crippen molar-refractivity contribution in [3.05, 3.63) is 59.7 Å². The number of carbonyl (C=O) groups is 2. The number of benzene rings is 2. The number of para-hydroxylation sites is 1. The van der Waals surface area contributed by atoms with Crippen LogP contribution in [0, 0.1) is 11.8 Å². The third-order valence-corrected chi connectivity index (χ3v) is 6.35. The van der Waals surface area contributed by atoms with Gasteiger partial charge in [-0.05, 0) is 55.0 Å². The Labute approximate surface area is 158 Å². The van der Waals surface area contributed by atoms with Gasteiger partial charge in [0, 0.05) is 22.8 Å². The highest BCUT2D eigenvalue weighted by Gasteiger charge is 2.47. The Balaban J connectivity index is 1.62. The molecule has 2 aromatic carbocycles. The van der Waals surface area contributed by atoms with Crippen LogP contribution in [0.25, 0.3) is 22.3 Å². The average Bonchev–Trinajstić information content (AvgIpc) is 3.32. The molecule has 1 heterocycles. The SMILES string of the molecule is CCc1ccc(-c2cc3ccccc3o2)cc1C1C(=O)[C@@H]2CC[C@@H](C2)C1=O. The number of rotatable bonds is 3. The lowest BCUT2D eigenvalue weighted by Crippen LogP contribution is -2.35. The molecule has 0 spiro atoms. The summed E-state index contributed by atoms with van der Waals surface area (Å²) in [6.07, 6.45) is 3.31. The van der Waals surface area contributed by atoms with Crippen molar-refractivity contribution >= 4 is 22.5 Å². The lowest BCUT2D eigenvalue weighted by molar-refractivity contribution is -0.135. The van der Waals surface area contributed by atoms with E-state index >= 15 is 0 Å². The first-order chi connectivity index (χ1) is 13.2. The van der Waals surface area contributed by atoms with Crippen molar-refractivity contribution in [3.63, 3.8) is 0 Å². The summed E-state index contributed by atoms with van der Waals surface area (Å²) in [7, 11) is 0. The summed E-state index contributed by atoms with van der Waals surface area (Å²) < 4.78 is 6.01. The van der Waals surface area contributed by atoms with Crippen LogP contribution < -0.4 is 0 Å². The number of hydrogen-bond donors (Lipinski definition) is 0. The summed E-state index contributed by atoms with van der Waals surface area (Å²) in [6, 6.07) is 16.0. The molecule has 0 N–H and O–H groups in total. The van der Waals surface area contributed by atoms with Gasteiger partial charge in [-0.25, -0.2) is 0 Å². The van der Waals surface area contributed by atoms with E-state index in [1.807, 2.05) is 42.5 Å². The molecule has 5 rings (SSSR count). The normalized spacial score (nSPS) is 24.7. The molecule has 0 radical (unpaired) electrons. The minimum Gasteiger partial charge on any atom is -0.456 e. The second-order valence-corrected chi connectivity index (χ2v) is 7.86. The van der Waals surface area contributed by atoms with Gasteiger partial charge in [-0.3, -0.25) is 9.59 Å². The summed E-state index contributed by atoms with van der Waals surface area (Å²) in [5, 5.41) is 1.05. The van der Waals surface area contributed by atoms with Crippen LogP contribution >= 0.6 is 0 Å². The van der Waals surface area contributed by atoms with Crippen LogP contribution in [-0.4, -0.2) is 11.6 Å². The maximum atomic E-state index is 13.0. The van der Waals surface area contributed by atoms with Gasteiger partial charge in [0.25, 0.3) is 0 Å². The van der Waals surface area contributed by atoms with E-state index in [9.17, 15) is 9.59 Å².